The summed E-state index contributed by atoms with van der Waals surface area (Å²) in [7, 11) is 0. The van der Waals surface area contributed by atoms with E-state index in [1.54, 1.807) is 12.1 Å². The topological polar surface area (TPSA) is 55.5 Å². The summed E-state index contributed by atoms with van der Waals surface area (Å²) in [6, 6.07) is 9.57. The Kier molecular flexibility index (Phi) is 3.74. The average molecular weight is 283 g/mol. The molecule has 2 rings (SSSR count). The van der Waals surface area contributed by atoms with E-state index < -0.39 is 11.7 Å². The summed E-state index contributed by atoms with van der Waals surface area (Å²) in [6.07, 6.45) is -4.51. The third kappa shape index (κ3) is 3.14. The Morgan fingerprint density at radius 2 is 1.80 bits per heavy atom. The van der Waals surface area contributed by atoms with Crippen LogP contribution >= 0.6 is 0 Å². The molecule has 0 bridgehead atoms. The highest BCUT2D eigenvalue weighted by Crippen LogP contribution is 2.34. The molecule has 0 saturated carbocycles. The van der Waals surface area contributed by atoms with Crippen molar-refractivity contribution in [3.05, 3.63) is 53.6 Å². The van der Waals surface area contributed by atoms with Gasteiger partial charge in [0.25, 0.3) is 0 Å². The van der Waals surface area contributed by atoms with Gasteiger partial charge < -0.3 is 15.6 Å². The molecule has 2 aromatic carbocycles. The number of benzene rings is 2. The molecule has 0 fully saturated rings. The van der Waals surface area contributed by atoms with Crippen molar-refractivity contribution in [2.45, 2.75) is 12.8 Å². The van der Waals surface area contributed by atoms with Gasteiger partial charge in [0.1, 0.15) is 6.61 Å². The molecule has 106 valence electrons. The van der Waals surface area contributed by atoms with E-state index in [9.17, 15) is 18.3 Å². The summed E-state index contributed by atoms with van der Waals surface area (Å²) in [5.74, 6) is -0.00560. The summed E-state index contributed by atoms with van der Waals surface area (Å²) in [4.78, 5) is 0. The fourth-order valence-electron chi connectivity index (χ4n) is 1.72. The van der Waals surface area contributed by atoms with E-state index in [0.29, 0.717) is 0 Å². The van der Waals surface area contributed by atoms with Crippen molar-refractivity contribution in [3.63, 3.8) is 0 Å². The van der Waals surface area contributed by atoms with Crippen molar-refractivity contribution in [2.24, 2.45) is 0 Å². The van der Waals surface area contributed by atoms with Crippen molar-refractivity contribution < 1.29 is 23.0 Å². The summed E-state index contributed by atoms with van der Waals surface area (Å²) < 4.78 is 43.8. The van der Waals surface area contributed by atoms with Crippen LogP contribution in [0.4, 0.5) is 18.9 Å². The minimum absolute atomic E-state index is 0.0311. The number of hydrogen-bond donors (Lipinski definition) is 2. The first kappa shape index (κ1) is 14.0. The van der Waals surface area contributed by atoms with Crippen LogP contribution in [0.1, 0.15) is 11.1 Å². The number of phenolic OH excluding ortho intramolecular Hbond substituents is 1. The number of ether oxygens (including phenoxy) is 1. The fraction of sp³-hybridized carbons (Fsp3) is 0.143. The predicted molar refractivity (Wildman–Crippen MR) is 68.3 cm³/mol. The van der Waals surface area contributed by atoms with Crippen molar-refractivity contribution >= 4 is 5.69 Å². The lowest BCUT2D eigenvalue weighted by Crippen LogP contribution is -2.11. The van der Waals surface area contributed by atoms with Crippen LogP contribution in [0.25, 0.3) is 0 Å². The molecule has 0 radical (unpaired) electrons. The van der Waals surface area contributed by atoms with Crippen molar-refractivity contribution in [3.8, 4) is 11.5 Å². The summed E-state index contributed by atoms with van der Waals surface area (Å²) in [5.41, 5.74) is 4.52. The zero-order valence-corrected chi connectivity index (χ0v) is 10.3. The second kappa shape index (κ2) is 5.32. The molecule has 2 aromatic rings. The Hall–Kier alpha value is -2.37. The normalized spacial score (nSPS) is 11.3. The minimum Gasteiger partial charge on any atom is -0.504 e. The monoisotopic (exact) mass is 283 g/mol. The van der Waals surface area contributed by atoms with Gasteiger partial charge in [0.05, 0.1) is 5.56 Å². The maximum absolute atomic E-state index is 12.9. The Balaban J connectivity index is 2.24. The van der Waals surface area contributed by atoms with Gasteiger partial charge >= 0.3 is 6.18 Å². The van der Waals surface area contributed by atoms with Gasteiger partial charge in [-0.1, -0.05) is 18.2 Å². The molecule has 0 saturated heterocycles. The number of alkyl halides is 3. The van der Waals surface area contributed by atoms with Gasteiger partial charge in [0, 0.05) is 11.3 Å². The van der Waals surface area contributed by atoms with E-state index >= 15 is 0 Å². The predicted octanol–water partition coefficient (Wildman–Crippen LogP) is 3.57. The minimum atomic E-state index is -4.51. The fourth-order valence-corrected chi connectivity index (χ4v) is 1.72. The number of halogens is 3. The molecule has 20 heavy (non-hydrogen) atoms. The largest absolute Gasteiger partial charge is 0.504 e. The molecule has 0 heterocycles. The lowest BCUT2D eigenvalue weighted by atomic mass is 10.1. The number of hydrogen-bond acceptors (Lipinski definition) is 3. The standard InChI is InChI=1S/C14H12F3NO2/c15-14(16,17)11-7-10(18)6-5-9(11)8-20-13-4-2-1-3-12(13)19/h1-7,19H,8,18H2. The molecule has 3 N–H and O–H groups in total. The number of rotatable bonds is 3. The van der Waals surface area contributed by atoms with E-state index in [1.165, 1.54) is 24.3 Å². The molecular weight excluding hydrogens is 271 g/mol. The lowest BCUT2D eigenvalue weighted by Gasteiger charge is -2.14. The van der Waals surface area contributed by atoms with Gasteiger partial charge in [-0.2, -0.15) is 13.2 Å². The highest BCUT2D eigenvalue weighted by molar-refractivity contribution is 5.46. The average Bonchev–Trinajstić information content (AvgIpc) is 2.38. The number of aromatic hydroxyl groups is 1. The van der Waals surface area contributed by atoms with E-state index in [0.717, 1.165) is 6.07 Å². The highest BCUT2D eigenvalue weighted by atomic mass is 19.4. The smallest absolute Gasteiger partial charge is 0.416 e. The van der Waals surface area contributed by atoms with Crippen molar-refractivity contribution in [2.75, 3.05) is 5.73 Å². The molecule has 0 aliphatic rings. The van der Waals surface area contributed by atoms with Gasteiger partial charge in [0.2, 0.25) is 0 Å². The number of para-hydroxylation sites is 2. The van der Waals surface area contributed by atoms with Crippen molar-refractivity contribution in [1.82, 2.24) is 0 Å². The quantitative estimate of drug-likeness (QED) is 0.847. The first-order valence-corrected chi connectivity index (χ1v) is 5.74. The summed E-state index contributed by atoms with van der Waals surface area (Å²) >= 11 is 0. The maximum atomic E-state index is 12.9. The van der Waals surface area contributed by atoms with Gasteiger partial charge in [-0.25, -0.2) is 0 Å². The summed E-state index contributed by atoms with van der Waals surface area (Å²) in [6.45, 7) is -0.313. The Bertz CT molecular complexity index is 612. The second-order valence-electron chi connectivity index (χ2n) is 4.17. The number of nitrogens with two attached hydrogens (primary N) is 1. The molecule has 0 aromatic heterocycles. The Morgan fingerprint density at radius 1 is 1.10 bits per heavy atom. The van der Waals surface area contributed by atoms with Crippen LogP contribution in [0.5, 0.6) is 11.5 Å². The number of nitrogen functional groups attached to an aromatic ring is 1. The first-order valence-electron chi connectivity index (χ1n) is 5.74. The maximum Gasteiger partial charge on any atom is 0.416 e. The number of phenols is 1. The Morgan fingerprint density at radius 3 is 2.45 bits per heavy atom. The molecule has 0 unspecified atom stereocenters. The Labute approximate surface area is 113 Å². The molecule has 0 atom stereocenters. The zero-order chi connectivity index (χ0) is 14.8. The van der Waals surface area contributed by atoms with Crippen molar-refractivity contribution in [1.29, 1.82) is 0 Å². The van der Waals surface area contributed by atoms with E-state index in [1.807, 2.05) is 0 Å². The van der Waals surface area contributed by atoms with E-state index in [4.69, 9.17) is 10.5 Å². The van der Waals surface area contributed by atoms with Crippen LogP contribution in [0.3, 0.4) is 0 Å². The van der Waals surface area contributed by atoms with Gasteiger partial charge in [-0.15, -0.1) is 0 Å². The summed E-state index contributed by atoms with van der Waals surface area (Å²) in [5, 5.41) is 9.49. The van der Waals surface area contributed by atoms with Crippen LogP contribution < -0.4 is 10.5 Å². The molecule has 0 aliphatic carbocycles. The molecule has 6 heteroatoms. The van der Waals surface area contributed by atoms with E-state index in [-0.39, 0.29) is 29.4 Å². The molecule has 3 nitrogen and oxygen atoms in total. The molecule has 0 spiro atoms. The third-order valence-corrected chi connectivity index (χ3v) is 2.69. The van der Waals surface area contributed by atoms with Gasteiger partial charge in [-0.3, -0.25) is 0 Å². The number of anilines is 1. The van der Waals surface area contributed by atoms with Crippen LogP contribution in [0.2, 0.25) is 0 Å². The zero-order valence-electron chi connectivity index (χ0n) is 10.3. The second-order valence-corrected chi connectivity index (χ2v) is 4.17. The third-order valence-electron chi connectivity index (χ3n) is 2.69. The van der Waals surface area contributed by atoms with Gasteiger partial charge in [-0.05, 0) is 24.3 Å². The SMILES string of the molecule is Nc1ccc(COc2ccccc2O)c(C(F)(F)F)c1. The van der Waals surface area contributed by atoms with E-state index in [2.05, 4.69) is 0 Å². The molecule has 0 amide bonds. The highest BCUT2D eigenvalue weighted by Gasteiger charge is 2.33. The van der Waals surface area contributed by atoms with Crippen LogP contribution in [0, 0.1) is 0 Å². The lowest BCUT2D eigenvalue weighted by molar-refractivity contribution is -0.138. The molecule has 0 aliphatic heterocycles. The first-order chi connectivity index (χ1) is 9.38. The molecular formula is C14H12F3NO2. The van der Waals surface area contributed by atoms with Crippen LogP contribution in [-0.2, 0) is 12.8 Å². The van der Waals surface area contributed by atoms with Crippen LogP contribution in [-0.4, -0.2) is 5.11 Å². The van der Waals surface area contributed by atoms with Crippen LogP contribution in [0.15, 0.2) is 42.5 Å². The van der Waals surface area contributed by atoms with Gasteiger partial charge in [0.15, 0.2) is 11.5 Å².